The highest BCUT2D eigenvalue weighted by atomic mass is 79.9. The standard InChI is InChI=1S/C13H15BrF3NO2.C8H3BrF3N/c1-12(2,3)20-11(19)18-7-8-4-5-9(14)6-10(8)13(15,16)17;9-6-2-1-5(4-13)7(3-6)8(10,11)12/h4-6H,7H2,1-3H3,(H,18,19);1-3H. The minimum atomic E-state index is -4.48. The molecule has 0 fully saturated rings. The van der Waals surface area contributed by atoms with Crippen molar-refractivity contribution in [3.8, 4) is 6.07 Å². The minimum Gasteiger partial charge on any atom is -0.444 e. The van der Waals surface area contributed by atoms with E-state index in [1.54, 1.807) is 20.8 Å². The van der Waals surface area contributed by atoms with Crippen LogP contribution in [0.3, 0.4) is 0 Å². The minimum absolute atomic E-state index is 0.0217. The molecule has 2 aromatic carbocycles. The molecule has 0 saturated carbocycles. The second-order valence-electron chi connectivity index (χ2n) is 7.45. The molecule has 4 nitrogen and oxygen atoms in total. The van der Waals surface area contributed by atoms with Crippen LogP contribution >= 0.6 is 31.9 Å². The molecule has 0 aromatic heterocycles. The molecule has 0 aliphatic rings. The highest BCUT2D eigenvalue weighted by Gasteiger charge is 2.34. The average Bonchev–Trinajstić information content (AvgIpc) is 2.64. The molecule has 0 aliphatic heterocycles. The summed E-state index contributed by atoms with van der Waals surface area (Å²) in [5.74, 6) is 0. The number of nitrogens with zero attached hydrogens (tertiary/aromatic N) is 1. The van der Waals surface area contributed by atoms with Gasteiger partial charge in [-0.3, -0.25) is 0 Å². The summed E-state index contributed by atoms with van der Waals surface area (Å²) >= 11 is 5.91. The Morgan fingerprint density at radius 3 is 1.88 bits per heavy atom. The molecule has 1 amide bonds. The maximum Gasteiger partial charge on any atom is 0.417 e. The lowest BCUT2D eigenvalue weighted by molar-refractivity contribution is -0.138. The van der Waals surface area contributed by atoms with Crippen LogP contribution in [0.5, 0.6) is 0 Å². The van der Waals surface area contributed by atoms with Gasteiger partial charge in [-0.1, -0.05) is 37.9 Å². The molecular formula is C21H18Br2F6N2O2. The van der Waals surface area contributed by atoms with Gasteiger partial charge in [0.05, 0.1) is 22.8 Å². The molecule has 0 saturated heterocycles. The van der Waals surface area contributed by atoms with Crippen LogP contribution in [0, 0.1) is 11.3 Å². The summed E-state index contributed by atoms with van der Waals surface area (Å²) in [5, 5.41) is 10.7. The van der Waals surface area contributed by atoms with E-state index in [-0.39, 0.29) is 17.7 Å². The Bertz CT molecular complexity index is 1030. The van der Waals surface area contributed by atoms with E-state index < -0.39 is 35.2 Å². The van der Waals surface area contributed by atoms with Crippen molar-refractivity contribution in [3.05, 3.63) is 67.6 Å². The second kappa shape index (κ2) is 11.2. The summed E-state index contributed by atoms with van der Waals surface area (Å²) in [5.41, 5.74) is -2.79. The molecule has 0 heterocycles. The normalized spacial score (nSPS) is 11.7. The Morgan fingerprint density at radius 1 is 0.939 bits per heavy atom. The first-order valence-electron chi connectivity index (χ1n) is 9.03. The number of nitrogens with one attached hydrogen (secondary N) is 1. The number of hydrogen-bond acceptors (Lipinski definition) is 3. The Labute approximate surface area is 203 Å². The van der Waals surface area contributed by atoms with Gasteiger partial charge in [0.2, 0.25) is 0 Å². The molecule has 2 rings (SSSR count). The van der Waals surface area contributed by atoms with Crippen LogP contribution in [0.1, 0.15) is 43.0 Å². The van der Waals surface area contributed by atoms with Crippen LogP contribution in [0.2, 0.25) is 0 Å². The van der Waals surface area contributed by atoms with Crippen molar-refractivity contribution in [2.45, 2.75) is 45.3 Å². The number of alkyl halides is 6. The van der Waals surface area contributed by atoms with Crippen LogP contribution in [-0.2, 0) is 23.6 Å². The number of carbonyl (C=O) groups excluding carboxylic acids is 1. The number of halogens is 8. The first-order chi connectivity index (χ1) is 14.9. The van der Waals surface area contributed by atoms with Gasteiger partial charge in [-0.25, -0.2) is 4.79 Å². The summed E-state index contributed by atoms with van der Waals surface area (Å²) in [4.78, 5) is 11.4. The van der Waals surface area contributed by atoms with Crippen molar-refractivity contribution in [1.82, 2.24) is 5.32 Å². The van der Waals surface area contributed by atoms with Crippen LogP contribution in [0.25, 0.3) is 0 Å². The molecule has 0 spiro atoms. The predicted octanol–water partition coefficient (Wildman–Crippen LogP) is 7.83. The fourth-order valence-electron chi connectivity index (χ4n) is 2.30. The number of nitriles is 1. The number of amides is 1. The summed E-state index contributed by atoms with van der Waals surface area (Å²) in [6.07, 6.45) is -9.71. The zero-order valence-electron chi connectivity index (χ0n) is 17.5. The predicted molar refractivity (Wildman–Crippen MR) is 116 cm³/mol. The van der Waals surface area contributed by atoms with Gasteiger partial charge in [-0.2, -0.15) is 31.6 Å². The van der Waals surface area contributed by atoms with Crippen molar-refractivity contribution in [2.24, 2.45) is 0 Å². The first kappa shape index (κ1) is 28.8. The number of carbonyl (C=O) groups is 1. The zero-order chi connectivity index (χ0) is 25.6. The van der Waals surface area contributed by atoms with Gasteiger partial charge in [0.1, 0.15) is 5.60 Å². The maximum absolute atomic E-state index is 12.9. The van der Waals surface area contributed by atoms with Gasteiger partial charge in [-0.05, 0) is 56.7 Å². The fourth-order valence-corrected chi connectivity index (χ4v) is 3.02. The maximum atomic E-state index is 12.9. The quantitative estimate of drug-likeness (QED) is 0.356. The highest BCUT2D eigenvalue weighted by molar-refractivity contribution is 9.10. The largest absolute Gasteiger partial charge is 0.444 e. The average molecular weight is 604 g/mol. The van der Waals surface area contributed by atoms with E-state index in [1.165, 1.54) is 24.3 Å². The number of benzene rings is 2. The number of hydrogen-bond donors (Lipinski definition) is 1. The van der Waals surface area contributed by atoms with Crippen LogP contribution in [-0.4, -0.2) is 11.7 Å². The van der Waals surface area contributed by atoms with E-state index in [9.17, 15) is 31.1 Å². The van der Waals surface area contributed by atoms with E-state index in [0.717, 1.165) is 18.2 Å². The van der Waals surface area contributed by atoms with E-state index in [0.29, 0.717) is 8.95 Å². The summed E-state index contributed by atoms with van der Waals surface area (Å²) in [6, 6.07) is 8.68. The van der Waals surface area contributed by atoms with E-state index in [2.05, 4.69) is 37.2 Å². The van der Waals surface area contributed by atoms with E-state index >= 15 is 0 Å². The van der Waals surface area contributed by atoms with Crippen LogP contribution in [0.15, 0.2) is 45.3 Å². The Morgan fingerprint density at radius 2 is 1.42 bits per heavy atom. The van der Waals surface area contributed by atoms with Crippen LogP contribution < -0.4 is 5.32 Å². The van der Waals surface area contributed by atoms with Crippen LogP contribution in [0.4, 0.5) is 31.1 Å². The van der Waals surface area contributed by atoms with Gasteiger partial charge in [0.15, 0.2) is 0 Å². The molecule has 0 radical (unpaired) electrons. The van der Waals surface area contributed by atoms with Crippen molar-refractivity contribution in [1.29, 1.82) is 5.26 Å². The van der Waals surface area contributed by atoms with Crippen molar-refractivity contribution in [3.63, 3.8) is 0 Å². The third-order valence-corrected chi connectivity index (χ3v) is 4.59. The second-order valence-corrected chi connectivity index (χ2v) is 9.29. The lowest BCUT2D eigenvalue weighted by Gasteiger charge is -2.20. The van der Waals surface area contributed by atoms with Crippen molar-refractivity contribution >= 4 is 38.0 Å². The Kier molecular flexibility index (Phi) is 9.80. The molecular weight excluding hydrogens is 586 g/mol. The molecule has 2 aromatic rings. The molecule has 1 N–H and O–H groups in total. The molecule has 180 valence electrons. The van der Waals surface area contributed by atoms with E-state index in [1.807, 2.05) is 0 Å². The van der Waals surface area contributed by atoms with Gasteiger partial charge >= 0.3 is 18.4 Å². The fraction of sp³-hybridized carbons (Fsp3) is 0.333. The third-order valence-electron chi connectivity index (χ3n) is 3.61. The summed E-state index contributed by atoms with van der Waals surface area (Å²) < 4.78 is 80.9. The number of rotatable bonds is 2. The Hall–Kier alpha value is -2.26. The topological polar surface area (TPSA) is 62.1 Å². The smallest absolute Gasteiger partial charge is 0.417 e. The molecule has 0 aliphatic carbocycles. The molecule has 0 unspecified atom stereocenters. The van der Waals surface area contributed by atoms with E-state index in [4.69, 9.17) is 10.00 Å². The number of ether oxygens (including phenoxy) is 1. The molecule has 0 bridgehead atoms. The zero-order valence-corrected chi connectivity index (χ0v) is 20.6. The number of alkyl carbamates (subject to hydrolysis) is 1. The SMILES string of the molecule is CC(C)(C)OC(=O)NCc1ccc(Br)cc1C(F)(F)F.N#Cc1ccc(Br)cc1C(F)(F)F. The highest BCUT2D eigenvalue weighted by Crippen LogP contribution is 2.34. The first-order valence-corrected chi connectivity index (χ1v) is 10.6. The lowest BCUT2D eigenvalue weighted by atomic mass is 10.1. The van der Waals surface area contributed by atoms with Crippen molar-refractivity contribution in [2.75, 3.05) is 0 Å². The molecule has 12 heteroatoms. The van der Waals surface area contributed by atoms with Gasteiger partial charge < -0.3 is 10.1 Å². The summed E-state index contributed by atoms with van der Waals surface area (Å²) in [6.45, 7) is 4.77. The monoisotopic (exact) mass is 602 g/mol. The van der Waals surface area contributed by atoms with Gasteiger partial charge in [-0.15, -0.1) is 0 Å². The molecule has 33 heavy (non-hydrogen) atoms. The van der Waals surface area contributed by atoms with Crippen molar-refractivity contribution < 1.29 is 35.9 Å². The lowest BCUT2D eigenvalue weighted by Crippen LogP contribution is -2.32. The Balaban J connectivity index is 0.000000361. The molecule has 0 atom stereocenters. The summed E-state index contributed by atoms with van der Waals surface area (Å²) in [7, 11) is 0. The van der Waals surface area contributed by atoms with Gasteiger partial charge in [0, 0.05) is 15.5 Å². The van der Waals surface area contributed by atoms with Gasteiger partial charge in [0.25, 0.3) is 0 Å². The third kappa shape index (κ3) is 10.0.